The van der Waals surface area contributed by atoms with Gasteiger partial charge in [0.1, 0.15) is 0 Å². The minimum Gasteiger partial charge on any atom is -0.399 e. The number of hydrazine groups is 1. The molecule has 1 aromatic carbocycles. The minimum absolute atomic E-state index is 0.0388. The van der Waals surface area contributed by atoms with Crippen molar-refractivity contribution in [3.05, 3.63) is 17.7 Å². The molecule has 7 heteroatoms. The van der Waals surface area contributed by atoms with Crippen molar-refractivity contribution in [1.29, 1.82) is 0 Å². The van der Waals surface area contributed by atoms with Gasteiger partial charge >= 0.3 is 0 Å². The number of nitrogens with one attached hydrogen (secondary N) is 1. The van der Waals surface area contributed by atoms with Crippen LogP contribution >= 0.6 is 0 Å². The van der Waals surface area contributed by atoms with Crippen LogP contribution in [0.5, 0.6) is 0 Å². The van der Waals surface area contributed by atoms with Crippen LogP contribution in [0.25, 0.3) is 0 Å². The van der Waals surface area contributed by atoms with Gasteiger partial charge in [0, 0.05) is 19.8 Å². The Hall–Kier alpha value is -1.31. The molecule has 0 saturated carbocycles. The lowest BCUT2D eigenvalue weighted by Gasteiger charge is -2.17. The molecule has 0 aliphatic rings. The maximum Gasteiger partial charge on any atom is 0.238 e. The van der Waals surface area contributed by atoms with Gasteiger partial charge in [-0.15, -0.1) is 0 Å². The fourth-order valence-corrected chi connectivity index (χ4v) is 2.20. The van der Waals surface area contributed by atoms with E-state index in [1.165, 1.54) is 6.07 Å². The standard InChI is InChI=1S/C9H16N4O2S/c1-6-8(12-13(2)3)4-7(10)5-9(6)16(11,14)15/h4-5,12H,10H2,1-3H3,(H2,11,14,15). The van der Waals surface area contributed by atoms with Gasteiger partial charge in [-0.25, -0.2) is 18.6 Å². The summed E-state index contributed by atoms with van der Waals surface area (Å²) in [6, 6.07) is 3.01. The van der Waals surface area contributed by atoms with Crippen LogP contribution in [0.1, 0.15) is 5.56 Å². The first-order chi connectivity index (χ1) is 7.21. The van der Waals surface area contributed by atoms with Crippen LogP contribution in [0.2, 0.25) is 0 Å². The first kappa shape index (κ1) is 12.8. The highest BCUT2D eigenvalue weighted by Crippen LogP contribution is 2.25. The lowest BCUT2D eigenvalue weighted by atomic mass is 10.2. The molecule has 0 radical (unpaired) electrons. The third kappa shape index (κ3) is 2.84. The fraction of sp³-hybridized carbons (Fsp3) is 0.333. The van der Waals surface area contributed by atoms with Crippen LogP contribution in [-0.4, -0.2) is 27.5 Å². The Bertz CT molecular complexity index is 496. The number of benzene rings is 1. The molecule has 0 amide bonds. The molecule has 1 aromatic rings. The van der Waals surface area contributed by atoms with E-state index in [4.69, 9.17) is 10.9 Å². The first-order valence-corrected chi connectivity index (χ1v) is 6.13. The van der Waals surface area contributed by atoms with Crippen LogP contribution in [0.4, 0.5) is 11.4 Å². The van der Waals surface area contributed by atoms with E-state index in [9.17, 15) is 8.42 Å². The molecular weight excluding hydrogens is 228 g/mol. The minimum atomic E-state index is -3.75. The van der Waals surface area contributed by atoms with Crippen molar-refractivity contribution >= 4 is 21.4 Å². The highest BCUT2D eigenvalue weighted by Gasteiger charge is 2.15. The maximum absolute atomic E-state index is 11.3. The third-order valence-electron chi connectivity index (χ3n) is 2.03. The zero-order valence-corrected chi connectivity index (χ0v) is 10.3. The van der Waals surface area contributed by atoms with Gasteiger partial charge in [0.05, 0.1) is 10.6 Å². The Balaban J connectivity index is 3.38. The number of nitrogen functional groups attached to an aromatic ring is 1. The Kier molecular flexibility index (Phi) is 3.41. The number of anilines is 2. The smallest absolute Gasteiger partial charge is 0.238 e. The van der Waals surface area contributed by atoms with Crippen LogP contribution in [0.3, 0.4) is 0 Å². The number of primary sulfonamides is 1. The van der Waals surface area contributed by atoms with Gasteiger partial charge in [-0.2, -0.15) is 0 Å². The molecule has 1 rings (SSSR count). The molecule has 5 N–H and O–H groups in total. The summed E-state index contributed by atoms with van der Waals surface area (Å²) in [4.78, 5) is 0.0388. The molecule has 0 saturated heterocycles. The lowest BCUT2D eigenvalue weighted by molar-refractivity contribution is 0.494. The number of sulfonamides is 1. The molecule has 0 bridgehead atoms. The number of nitrogens with two attached hydrogens (primary N) is 2. The van der Waals surface area contributed by atoms with E-state index in [1.54, 1.807) is 32.1 Å². The number of hydrogen-bond acceptors (Lipinski definition) is 5. The topological polar surface area (TPSA) is 101 Å². The predicted molar refractivity (Wildman–Crippen MR) is 64.3 cm³/mol. The van der Waals surface area contributed by atoms with Crippen LogP contribution < -0.4 is 16.3 Å². The van der Waals surface area contributed by atoms with Crippen LogP contribution in [-0.2, 0) is 10.0 Å². The predicted octanol–water partition coefficient (Wildman–Crippen LogP) is 0.113. The van der Waals surface area contributed by atoms with E-state index >= 15 is 0 Å². The number of rotatable bonds is 3. The van der Waals surface area contributed by atoms with Crippen molar-refractivity contribution in [2.75, 3.05) is 25.3 Å². The second-order valence-electron chi connectivity index (χ2n) is 3.74. The number of hydrogen-bond donors (Lipinski definition) is 3. The fourth-order valence-electron chi connectivity index (χ4n) is 1.36. The summed E-state index contributed by atoms with van der Waals surface area (Å²) < 4.78 is 22.6. The molecule has 0 fully saturated rings. The summed E-state index contributed by atoms with van der Waals surface area (Å²) in [7, 11) is -0.171. The van der Waals surface area contributed by atoms with Gasteiger partial charge in [0.25, 0.3) is 0 Å². The van der Waals surface area contributed by atoms with Gasteiger partial charge in [0.15, 0.2) is 0 Å². The average molecular weight is 244 g/mol. The van der Waals surface area contributed by atoms with Crippen molar-refractivity contribution in [1.82, 2.24) is 5.01 Å². The molecule has 0 unspecified atom stereocenters. The average Bonchev–Trinajstić information content (AvgIpc) is 2.07. The summed E-state index contributed by atoms with van der Waals surface area (Å²) >= 11 is 0. The Morgan fingerprint density at radius 2 is 1.88 bits per heavy atom. The molecule has 6 nitrogen and oxygen atoms in total. The SMILES string of the molecule is Cc1c(NN(C)C)cc(N)cc1S(N)(=O)=O. The first-order valence-electron chi connectivity index (χ1n) is 4.58. The van der Waals surface area contributed by atoms with Crippen molar-refractivity contribution in [2.45, 2.75) is 11.8 Å². The highest BCUT2D eigenvalue weighted by atomic mass is 32.2. The second-order valence-corrected chi connectivity index (χ2v) is 5.27. The molecule has 0 aliphatic carbocycles. The summed E-state index contributed by atoms with van der Waals surface area (Å²) in [5.74, 6) is 0. The van der Waals surface area contributed by atoms with E-state index < -0.39 is 10.0 Å². The van der Waals surface area contributed by atoms with Crippen molar-refractivity contribution < 1.29 is 8.42 Å². The van der Waals surface area contributed by atoms with E-state index in [2.05, 4.69) is 5.43 Å². The van der Waals surface area contributed by atoms with Gasteiger partial charge < -0.3 is 11.2 Å². The van der Waals surface area contributed by atoms with E-state index in [1.807, 2.05) is 0 Å². The molecule has 0 aliphatic heterocycles. The highest BCUT2D eigenvalue weighted by molar-refractivity contribution is 7.89. The molecule has 0 spiro atoms. The molecule has 0 atom stereocenters. The van der Waals surface area contributed by atoms with Crippen molar-refractivity contribution in [3.8, 4) is 0 Å². The van der Waals surface area contributed by atoms with Crippen molar-refractivity contribution in [2.24, 2.45) is 5.14 Å². The summed E-state index contributed by atoms with van der Waals surface area (Å²) in [5, 5.41) is 6.79. The normalized spacial score (nSPS) is 11.8. The van der Waals surface area contributed by atoms with Gasteiger partial charge in [-0.3, -0.25) is 0 Å². The Morgan fingerprint density at radius 3 is 2.31 bits per heavy atom. The zero-order chi connectivity index (χ0) is 12.5. The van der Waals surface area contributed by atoms with Gasteiger partial charge in [-0.05, 0) is 24.6 Å². The van der Waals surface area contributed by atoms with E-state index in [-0.39, 0.29) is 4.90 Å². The Morgan fingerprint density at radius 1 is 1.31 bits per heavy atom. The molecule has 90 valence electrons. The summed E-state index contributed by atoms with van der Waals surface area (Å²) in [6.07, 6.45) is 0. The molecule has 0 heterocycles. The summed E-state index contributed by atoms with van der Waals surface area (Å²) in [6.45, 7) is 1.67. The molecular formula is C9H16N4O2S. The quantitative estimate of drug-likeness (QED) is 0.517. The van der Waals surface area contributed by atoms with E-state index in [0.29, 0.717) is 16.9 Å². The monoisotopic (exact) mass is 244 g/mol. The number of nitrogens with zero attached hydrogens (tertiary/aromatic N) is 1. The van der Waals surface area contributed by atoms with Gasteiger partial charge in [0.2, 0.25) is 10.0 Å². The largest absolute Gasteiger partial charge is 0.399 e. The Labute approximate surface area is 95.2 Å². The molecule has 16 heavy (non-hydrogen) atoms. The van der Waals surface area contributed by atoms with Crippen LogP contribution in [0, 0.1) is 6.92 Å². The van der Waals surface area contributed by atoms with Crippen LogP contribution in [0.15, 0.2) is 17.0 Å². The zero-order valence-electron chi connectivity index (χ0n) is 9.48. The van der Waals surface area contributed by atoms with Crippen molar-refractivity contribution in [3.63, 3.8) is 0 Å². The van der Waals surface area contributed by atoms with E-state index in [0.717, 1.165) is 0 Å². The third-order valence-corrected chi connectivity index (χ3v) is 3.07. The maximum atomic E-state index is 11.3. The molecule has 0 aromatic heterocycles. The van der Waals surface area contributed by atoms with Gasteiger partial charge in [-0.1, -0.05) is 0 Å². The summed E-state index contributed by atoms with van der Waals surface area (Å²) in [5.41, 5.74) is 10.1. The second kappa shape index (κ2) is 4.28. The lowest BCUT2D eigenvalue weighted by Crippen LogP contribution is -2.22.